The zero-order valence-electron chi connectivity index (χ0n) is 18.7. The minimum Gasteiger partial charge on any atom is -0.300 e. The van der Waals surface area contributed by atoms with Gasteiger partial charge in [0, 0.05) is 6.42 Å². The van der Waals surface area contributed by atoms with Crippen molar-refractivity contribution in [1.82, 2.24) is 0 Å². The summed E-state index contributed by atoms with van der Waals surface area (Å²) in [5.74, 6) is 0.307. The van der Waals surface area contributed by atoms with Crippen LogP contribution in [0.15, 0.2) is 30.3 Å². The molecule has 0 saturated heterocycles. The topological polar surface area (TPSA) is 17.1 Å². The van der Waals surface area contributed by atoms with Gasteiger partial charge in [0.2, 0.25) is 0 Å². The molecule has 1 heteroatoms. The van der Waals surface area contributed by atoms with Crippen molar-refractivity contribution in [2.24, 2.45) is 0 Å². The summed E-state index contributed by atoms with van der Waals surface area (Å²) in [7, 11) is 0. The van der Waals surface area contributed by atoms with Crippen LogP contribution >= 0.6 is 0 Å². The van der Waals surface area contributed by atoms with Gasteiger partial charge in [0.15, 0.2) is 0 Å². The van der Waals surface area contributed by atoms with Gasteiger partial charge in [-0.25, -0.2) is 0 Å². The van der Waals surface area contributed by atoms with E-state index < -0.39 is 0 Å². The van der Waals surface area contributed by atoms with Gasteiger partial charge in [0.25, 0.3) is 0 Å². The van der Waals surface area contributed by atoms with Gasteiger partial charge < -0.3 is 4.79 Å². The molecule has 1 nitrogen and oxygen atoms in total. The molecule has 0 fully saturated rings. The molecule has 0 aromatic heterocycles. The molecule has 150 valence electrons. The summed E-state index contributed by atoms with van der Waals surface area (Å²) in [6.45, 7) is 14.6. The summed E-state index contributed by atoms with van der Waals surface area (Å²) >= 11 is 0. The summed E-state index contributed by atoms with van der Waals surface area (Å²) < 4.78 is 0. The Kier molecular flexibility index (Phi) is 20.6. The maximum Gasteiger partial charge on any atom is 0.129 e. The van der Waals surface area contributed by atoms with Crippen molar-refractivity contribution in [3.05, 3.63) is 41.5 Å². The van der Waals surface area contributed by atoms with Gasteiger partial charge in [-0.3, -0.25) is 0 Å². The van der Waals surface area contributed by atoms with Gasteiger partial charge >= 0.3 is 0 Å². The second-order valence-electron chi connectivity index (χ2n) is 7.01. The maximum atomic E-state index is 10.2. The molecule has 0 unspecified atom stereocenters. The van der Waals surface area contributed by atoms with Crippen LogP contribution in [-0.4, -0.2) is 5.78 Å². The Bertz CT molecular complexity index is 465. The van der Waals surface area contributed by atoms with E-state index in [-0.39, 0.29) is 0 Å². The highest BCUT2D eigenvalue weighted by Gasteiger charge is 1.95. The lowest BCUT2D eigenvalue weighted by molar-refractivity contribution is -0.117. The van der Waals surface area contributed by atoms with Crippen LogP contribution in [-0.2, 0) is 4.79 Å². The summed E-state index contributed by atoms with van der Waals surface area (Å²) in [5.41, 5.74) is 4.06. The molecule has 1 aromatic rings. The first kappa shape index (κ1) is 26.9. The molecular formula is C25H44O. The van der Waals surface area contributed by atoms with E-state index in [4.69, 9.17) is 0 Å². The van der Waals surface area contributed by atoms with Crippen molar-refractivity contribution in [2.75, 3.05) is 0 Å². The Labute approximate surface area is 164 Å². The Hall–Kier alpha value is -1.37. The molecule has 1 aromatic carbocycles. The van der Waals surface area contributed by atoms with Gasteiger partial charge in [0.05, 0.1) is 0 Å². The summed E-state index contributed by atoms with van der Waals surface area (Å²) in [4.78, 5) is 10.2. The minimum atomic E-state index is 0.307. The Morgan fingerprint density at radius 2 is 1.35 bits per heavy atom. The van der Waals surface area contributed by atoms with Gasteiger partial charge in [-0.05, 0) is 50.8 Å². The Morgan fingerprint density at radius 1 is 0.846 bits per heavy atom. The molecule has 0 atom stereocenters. The predicted molar refractivity (Wildman–Crippen MR) is 120 cm³/mol. The fourth-order valence-corrected chi connectivity index (χ4v) is 2.45. The lowest BCUT2D eigenvalue weighted by Crippen LogP contribution is -1.86. The number of allylic oxidation sites excluding steroid dienone is 2. The molecule has 0 N–H and O–H groups in total. The molecule has 26 heavy (non-hydrogen) atoms. The zero-order valence-corrected chi connectivity index (χ0v) is 18.7. The predicted octanol–water partition coefficient (Wildman–Crippen LogP) is 8.55. The summed E-state index contributed by atoms with van der Waals surface area (Å²) in [5, 5.41) is 0. The Balaban J connectivity index is 0. The molecule has 0 radical (unpaired) electrons. The average Bonchev–Trinajstić information content (AvgIpc) is 2.64. The number of benzene rings is 1. The van der Waals surface area contributed by atoms with Crippen LogP contribution in [0, 0.1) is 6.92 Å². The number of unbranched alkanes of at least 4 members (excludes halogenated alkanes) is 6. The molecule has 0 aliphatic rings. The largest absolute Gasteiger partial charge is 0.300 e. The molecule has 0 amide bonds. The number of carbonyl (C=O) groups is 1. The van der Waals surface area contributed by atoms with E-state index in [1.165, 1.54) is 55.2 Å². The van der Waals surface area contributed by atoms with E-state index in [0.29, 0.717) is 5.78 Å². The monoisotopic (exact) mass is 360 g/mol. The second kappa shape index (κ2) is 19.9. The van der Waals surface area contributed by atoms with Gasteiger partial charge in [-0.1, -0.05) is 96.1 Å². The van der Waals surface area contributed by atoms with Gasteiger partial charge in [-0.15, -0.1) is 0 Å². The number of ketones is 1. The smallest absolute Gasteiger partial charge is 0.129 e. The van der Waals surface area contributed by atoms with Crippen molar-refractivity contribution in [2.45, 2.75) is 106 Å². The van der Waals surface area contributed by atoms with Crippen LogP contribution in [0.1, 0.15) is 110 Å². The summed E-state index contributed by atoms with van der Waals surface area (Å²) in [6.07, 6.45) is 13.6. The van der Waals surface area contributed by atoms with Gasteiger partial charge in [0.1, 0.15) is 5.78 Å². The van der Waals surface area contributed by atoms with Crippen LogP contribution in [0.3, 0.4) is 0 Å². The highest BCUT2D eigenvalue weighted by Crippen LogP contribution is 2.16. The van der Waals surface area contributed by atoms with E-state index in [1.807, 2.05) is 0 Å². The van der Waals surface area contributed by atoms with E-state index in [1.54, 1.807) is 6.92 Å². The van der Waals surface area contributed by atoms with Crippen molar-refractivity contribution < 1.29 is 4.79 Å². The molecular weight excluding hydrogens is 316 g/mol. The number of hydrogen-bond acceptors (Lipinski definition) is 1. The molecule has 0 bridgehead atoms. The standard InChI is InChI=1S/C11H14.C8H18.C6H12O/c1-4-9(2)11-8-6-5-7-10(11)3;1-3-5-7-8-6-4-2;1-3-4-5-6(2)7/h4-8H,1-3H3;3-8H2,1-2H3;3-5H2,1-2H3/b9-4-;;. The zero-order chi connectivity index (χ0) is 20.2. The first-order chi connectivity index (χ1) is 12.4. The first-order valence-electron chi connectivity index (χ1n) is 10.6. The molecule has 0 saturated carbocycles. The van der Waals surface area contributed by atoms with E-state index in [9.17, 15) is 4.79 Å². The number of hydrogen-bond donors (Lipinski definition) is 0. The second-order valence-corrected chi connectivity index (χ2v) is 7.01. The highest BCUT2D eigenvalue weighted by molar-refractivity contribution is 5.75. The quantitative estimate of drug-likeness (QED) is 0.403. The van der Waals surface area contributed by atoms with Gasteiger partial charge in [-0.2, -0.15) is 0 Å². The lowest BCUT2D eigenvalue weighted by atomic mass is 10.0. The van der Waals surface area contributed by atoms with Crippen LogP contribution < -0.4 is 0 Å². The summed E-state index contributed by atoms with van der Waals surface area (Å²) in [6, 6.07) is 8.45. The van der Waals surface area contributed by atoms with Crippen LogP contribution in [0.5, 0.6) is 0 Å². The maximum absolute atomic E-state index is 10.2. The van der Waals surface area contributed by atoms with Crippen molar-refractivity contribution in [1.29, 1.82) is 0 Å². The number of carbonyl (C=O) groups excluding carboxylic acids is 1. The normalized spacial score (nSPS) is 10.3. The van der Waals surface area contributed by atoms with E-state index in [2.05, 4.69) is 71.9 Å². The van der Waals surface area contributed by atoms with E-state index >= 15 is 0 Å². The number of aryl methyl sites for hydroxylation is 1. The van der Waals surface area contributed by atoms with Crippen molar-refractivity contribution >= 4 is 11.4 Å². The highest BCUT2D eigenvalue weighted by atomic mass is 16.1. The average molecular weight is 361 g/mol. The Morgan fingerprint density at radius 3 is 1.69 bits per heavy atom. The van der Waals surface area contributed by atoms with Crippen LogP contribution in [0.25, 0.3) is 5.57 Å². The minimum absolute atomic E-state index is 0.307. The molecule has 0 aliphatic carbocycles. The SMILES string of the molecule is C/C=C(/C)c1ccccc1C.CCCCC(C)=O.CCCCCCCC. The molecule has 0 spiro atoms. The third-order valence-electron chi connectivity index (χ3n) is 4.34. The number of rotatable bonds is 9. The molecule has 0 aliphatic heterocycles. The number of Topliss-reactive ketones (excluding diaryl/α,β-unsaturated/α-hetero) is 1. The first-order valence-corrected chi connectivity index (χ1v) is 10.6. The lowest BCUT2D eigenvalue weighted by Gasteiger charge is -2.03. The molecule has 1 rings (SSSR count). The van der Waals surface area contributed by atoms with Crippen LogP contribution in [0.4, 0.5) is 0 Å². The van der Waals surface area contributed by atoms with Crippen molar-refractivity contribution in [3.63, 3.8) is 0 Å². The third-order valence-corrected chi connectivity index (χ3v) is 4.34. The molecule has 0 heterocycles. The fraction of sp³-hybridized carbons (Fsp3) is 0.640. The third kappa shape index (κ3) is 17.5. The van der Waals surface area contributed by atoms with Crippen molar-refractivity contribution in [3.8, 4) is 0 Å². The fourth-order valence-electron chi connectivity index (χ4n) is 2.45. The van der Waals surface area contributed by atoms with Crippen LogP contribution in [0.2, 0.25) is 0 Å². The van der Waals surface area contributed by atoms with E-state index in [0.717, 1.165) is 19.3 Å².